The number of ether oxygens (including phenoxy) is 2. The molecule has 0 aliphatic heterocycles. The molecule has 0 saturated heterocycles. The monoisotopic (exact) mass is 423 g/mol. The molecule has 0 radical (unpaired) electrons. The van der Waals surface area contributed by atoms with E-state index in [0.29, 0.717) is 6.54 Å². The summed E-state index contributed by atoms with van der Waals surface area (Å²) in [6.07, 6.45) is 11.1. The Morgan fingerprint density at radius 2 is 1.35 bits per heavy atom. The first-order valence-electron chi connectivity index (χ1n) is 11.6. The molecule has 168 valence electrons. The number of carbonyl (C=O) groups excluding carboxylic acids is 1. The van der Waals surface area contributed by atoms with Crippen molar-refractivity contribution in [1.29, 1.82) is 0 Å². The Morgan fingerprint density at radius 3 is 1.90 bits per heavy atom. The molecule has 0 heterocycles. The lowest BCUT2D eigenvalue weighted by atomic mass is 10.1. The molecule has 0 aliphatic carbocycles. The number of nitrogens with one attached hydrogen (secondary N) is 1. The van der Waals surface area contributed by atoms with E-state index in [9.17, 15) is 4.79 Å². The van der Waals surface area contributed by atoms with Gasteiger partial charge in [0.25, 0.3) is 0 Å². The zero-order valence-corrected chi connectivity index (χ0v) is 19.1. The third-order valence-electron chi connectivity index (χ3n) is 4.98. The average Bonchev–Trinajstić information content (AvgIpc) is 2.80. The van der Waals surface area contributed by atoms with E-state index in [1.165, 1.54) is 31.2 Å². The molecule has 0 unspecified atom stereocenters. The lowest BCUT2D eigenvalue weighted by molar-refractivity contribution is -0.116. The summed E-state index contributed by atoms with van der Waals surface area (Å²) in [5, 5.41) is 2.93. The molecular weight excluding hydrogens is 386 g/mol. The second-order valence-corrected chi connectivity index (χ2v) is 7.70. The lowest BCUT2D eigenvalue weighted by Crippen LogP contribution is -2.23. The molecule has 0 atom stereocenters. The first-order chi connectivity index (χ1) is 15.2. The van der Waals surface area contributed by atoms with Gasteiger partial charge in [-0.05, 0) is 60.7 Å². The van der Waals surface area contributed by atoms with E-state index in [4.69, 9.17) is 9.47 Å². The van der Waals surface area contributed by atoms with Gasteiger partial charge < -0.3 is 14.8 Å². The fourth-order valence-electron chi connectivity index (χ4n) is 3.07. The summed E-state index contributed by atoms with van der Waals surface area (Å²) in [4.78, 5) is 12.1. The summed E-state index contributed by atoms with van der Waals surface area (Å²) in [6.45, 7) is 6.49. The smallest absolute Gasteiger partial charge is 0.244 e. The number of carbonyl (C=O) groups is 1. The molecule has 1 N–H and O–H groups in total. The highest BCUT2D eigenvalue weighted by Crippen LogP contribution is 2.14. The molecule has 2 rings (SSSR count). The van der Waals surface area contributed by atoms with Crippen molar-refractivity contribution in [3.8, 4) is 11.5 Å². The van der Waals surface area contributed by atoms with Crippen LogP contribution in [0.25, 0.3) is 6.08 Å². The quantitative estimate of drug-likeness (QED) is 0.274. The van der Waals surface area contributed by atoms with Gasteiger partial charge in [-0.2, -0.15) is 0 Å². The van der Waals surface area contributed by atoms with Crippen molar-refractivity contribution in [3.05, 3.63) is 65.7 Å². The van der Waals surface area contributed by atoms with Gasteiger partial charge in [0.2, 0.25) is 5.91 Å². The van der Waals surface area contributed by atoms with Gasteiger partial charge in [-0.25, -0.2) is 0 Å². The minimum Gasteiger partial charge on any atom is -0.494 e. The van der Waals surface area contributed by atoms with Crippen molar-refractivity contribution in [3.63, 3.8) is 0 Å². The minimum atomic E-state index is -0.0873. The maximum absolute atomic E-state index is 12.1. The van der Waals surface area contributed by atoms with Crippen LogP contribution in [0.3, 0.4) is 0 Å². The SMILES string of the molecule is CCCCCOc1ccc(C=CC(=O)NCCc2ccc(OCCCCC)cc2)cc1. The van der Waals surface area contributed by atoms with Gasteiger partial charge in [-0.1, -0.05) is 63.8 Å². The number of unbranched alkanes of at least 4 members (excludes halogenated alkanes) is 4. The molecule has 31 heavy (non-hydrogen) atoms. The van der Waals surface area contributed by atoms with Crippen molar-refractivity contribution in [1.82, 2.24) is 5.32 Å². The Hall–Kier alpha value is -2.75. The van der Waals surface area contributed by atoms with Crippen LogP contribution in [0.2, 0.25) is 0 Å². The number of hydrogen-bond donors (Lipinski definition) is 1. The van der Waals surface area contributed by atoms with Gasteiger partial charge in [0, 0.05) is 12.6 Å². The summed E-state index contributed by atoms with van der Waals surface area (Å²) < 4.78 is 11.4. The van der Waals surface area contributed by atoms with Crippen LogP contribution in [0.1, 0.15) is 63.5 Å². The van der Waals surface area contributed by atoms with Crippen LogP contribution in [0.4, 0.5) is 0 Å². The largest absolute Gasteiger partial charge is 0.494 e. The Bertz CT molecular complexity index is 766. The van der Waals surface area contributed by atoms with Crippen molar-refractivity contribution < 1.29 is 14.3 Å². The summed E-state index contributed by atoms with van der Waals surface area (Å²) in [6, 6.07) is 15.9. The minimum absolute atomic E-state index is 0.0873. The fourth-order valence-corrected chi connectivity index (χ4v) is 3.07. The highest BCUT2D eigenvalue weighted by molar-refractivity contribution is 5.91. The van der Waals surface area contributed by atoms with Gasteiger partial charge in [0.1, 0.15) is 11.5 Å². The highest BCUT2D eigenvalue weighted by atomic mass is 16.5. The predicted octanol–water partition coefficient (Wildman–Crippen LogP) is 6.20. The molecule has 4 nitrogen and oxygen atoms in total. The number of rotatable bonds is 15. The number of amides is 1. The Kier molecular flexibility index (Phi) is 12.0. The van der Waals surface area contributed by atoms with Crippen LogP contribution in [0.15, 0.2) is 54.6 Å². The van der Waals surface area contributed by atoms with Gasteiger partial charge in [-0.15, -0.1) is 0 Å². The maximum atomic E-state index is 12.1. The predicted molar refractivity (Wildman–Crippen MR) is 129 cm³/mol. The molecule has 4 heteroatoms. The van der Waals surface area contributed by atoms with E-state index < -0.39 is 0 Å². The summed E-state index contributed by atoms with van der Waals surface area (Å²) in [5.74, 6) is 1.69. The molecule has 1 amide bonds. The zero-order chi connectivity index (χ0) is 22.2. The standard InChI is InChI=1S/C27H37NO3/c1-3-5-7-21-30-25-14-9-23(10-15-25)13-18-27(29)28-20-19-24-11-16-26(17-12-24)31-22-8-6-4-2/h9-18H,3-8,19-22H2,1-2H3,(H,28,29). The van der Waals surface area contributed by atoms with Gasteiger partial charge >= 0.3 is 0 Å². The van der Waals surface area contributed by atoms with Crippen LogP contribution in [0, 0.1) is 0 Å². The maximum Gasteiger partial charge on any atom is 0.244 e. The molecule has 0 fully saturated rings. The second kappa shape index (κ2) is 15.1. The Morgan fingerprint density at radius 1 is 0.806 bits per heavy atom. The van der Waals surface area contributed by atoms with E-state index in [-0.39, 0.29) is 5.91 Å². The molecule has 0 aromatic heterocycles. The zero-order valence-electron chi connectivity index (χ0n) is 19.1. The molecule has 0 saturated carbocycles. The molecule has 0 aliphatic rings. The molecule has 2 aromatic rings. The van der Waals surface area contributed by atoms with Crippen LogP contribution in [0.5, 0.6) is 11.5 Å². The van der Waals surface area contributed by atoms with Gasteiger partial charge in [0.15, 0.2) is 0 Å². The lowest BCUT2D eigenvalue weighted by Gasteiger charge is -2.07. The third-order valence-corrected chi connectivity index (χ3v) is 4.98. The first kappa shape index (κ1) is 24.5. The van der Waals surface area contributed by atoms with E-state index in [1.54, 1.807) is 6.08 Å². The first-order valence-corrected chi connectivity index (χ1v) is 11.6. The Labute approximate surface area is 187 Å². The second-order valence-electron chi connectivity index (χ2n) is 7.70. The van der Waals surface area contributed by atoms with Crippen molar-refractivity contribution in [2.45, 2.75) is 58.8 Å². The van der Waals surface area contributed by atoms with E-state index in [2.05, 4.69) is 31.3 Å². The number of benzene rings is 2. The molecular formula is C27H37NO3. The number of hydrogen-bond acceptors (Lipinski definition) is 3. The highest BCUT2D eigenvalue weighted by Gasteiger charge is 1.99. The van der Waals surface area contributed by atoms with Crippen LogP contribution < -0.4 is 14.8 Å². The molecule has 2 aromatic carbocycles. The van der Waals surface area contributed by atoms with Crippen LogP contribution in [-0.4, -0.2) is 25.7 Å². The van der Waals surface area contributed by atoms with E-state index in [1.807, 2.05) is 42.5 Å². The molecule has 0 spiro atoms. The van der Waals surface area contributed by atoms with Crippen LogP contribution >= 0.6 is 0 Å². The Balaban J connectivity index is 1.65. The van der Waals surface area contributed by atoms with Crippen molar-refractivity contribution in [2.24, 2.45) is 0 Å². The normalized spacial score (nSPS) is 10.9. The fraction of sp³-hybridized carbons (Fsp3) is 0.444. The molecule has 0 bridgehead atoms. The topological polar surface area (TPSA) is 47.6 Å². The average molecular weight is 424 g/mol. The van der Waals surface area contributed by atoms with Crippen molar-refractivity contribution in [2.75, 3.05) is 19.8 Å². The van der Waals surface area contributed by atoms with E-state index in [0.717, 1.165) is 49.5 Å². The van der Waals surface area contributed by atoms with Crippen molar-refractivity contribution >= 4 is 12.0 Å². The summed E-state index contributed by atoms with van der Waals surface area (Å²) in [7, 11) is 0. The summed E-state index contributed by atoms with van der Waals surface area (Å²) in [5.41, 5.74) is 2.16. The van der Waals surface area contributed by atoms with Crippen LogP contribution in [-0.2, 0) is 11.2 Å². The van der Waals surface area contributed by atoms with Gasteiger partial charge in [0.05, 0.1) is 13.2 Å². The van der Waals surface area contributed by atoms with E-state index >= 15 is 0 Å². The summed E-state index contributed by atoms with van der Waals surface area (Å²) >= 11 is 0. The third kappa shape index (κ3) is 10.7. The van der Waals surface area contributed by atoms with Gasteiger partial charge in [-0.3, -0.25) is 4.79 Å².